The molecule has 0 fully saturated rings. The monoisotopic (exact) mass is 395 g/mol. The van der Waals surface area contributed by atoms with Crippen molar-refractivity contribution in [3.63, 3.8) is 0 Å². The van der Waals surface area contributed by atoms with Crippen LogP contribution in [-0.2, 0) is 11.2 Å². The average Bonchev–Trinajstić information content (AvgIpc) is 2.60. The summed E-state index contributed by atoms with van der Waals surface area (Å²) in [6, 6.07) is 7.15. The normalized spacial score (nSPS) is 10.6. The van der Waals surface area contributed by atoms with Crippen LogP contribution in [0.5, 0.6) is 11.5 Å². The minimum Gasteiger partial charge on any atom is -0.507 e. The second kappa shape index (κ2) is 9.41. The van der Waals surface area contributed by atoms with Gasteiger partial charge < -0.3 is 10.2 Å². The van der Waals surface area contributed by atoms with Gasteiger partial charge in [0.1, 0.15) is 11.5 Å². The fourth-order valence-corrected chi connectivity index (χ4v) is 3.45. The first-order valence-electron chi connectivity index (χ1n) is 9.84. The van der Waals surface area contributed by atoms with Gasteiger partial charge in [0.2, 0.25) is 5.91 Å². The molecular formula is C24H29NO4. The highest BCUT2D eigenvalue weighted by Crippen LogP contribution is 2.44. The number of allylic oxidation sites excluding steroid dienone is 1. The highest BCUT2D eigenvalue weighted by atomic mass is 16.3. The van der Waals surface area contributed by atoms with Crippen molar-refractivity contribution in [2.75, 3.05) is 0 Å². The first-order valence-corrected chi connectivity index (χ1v) is 9.84. The Hall–Kier alpha value is -3.08. The first-order chi connectivity index (χ1) is 13.7. The smallest absolute Gasteiger partial charge is 0.261 e. The molecular weight excluding hydrogens is 366 g/mol. The number of hydrogen-bond acceptors (Lipinski definition) is 4. The van der Waals surface area contributed by atoms with Crippen LogP contribution in [0.3, 0.4) is 0 Å². The SMILES string of the molecule is C=C(C)c1ccc(C)cc1-c1c(O)cc(CCCCC)c(C(=O)NC(C)=O)c1O. The number of imide groups is 1. The summed E-state index contributed by atoms with van der Waals surface area (Å²) >= 11 is 0. The Morgan fingerprint density at radius 2 is 1.79 bits per heavy atom. The van der Waals surface area contributed by atoms with E-state index < -0.39 is 11.8 Å². The van der Waals surface area contributed by atoms with E-state index >= 15 is 0 Å². The molecule has 0 bridgehead atoms. The zero-order chi connectivity index (χ0) is 21.7. The summed E-state index contributed by atoms with van der Waals surface area (Å²) < 4.78 is 0. The Balaban J connectivity index is 2.75. The molecule has 0 spiro atoms. The molecule has 2 aromatic carbocycles. The number of aromatic hydroxyl groups is 2. The standard InChI is InChI=1S/C24H29NO4/c1-6-7-8-9-17-13-20(27)22(23(28)21(17)24(29)25-16(5)26)19-12-15(4)10-11-18(19)14(2)3/h10-13,27-28H,2,6-9H2,1,3-5H3,(H,25,26,29). The van der Waals surface area contributed by atoms with Crippen molar-refractivity contribution in [1.29, 1.82) is 0 Å². The third kappa shape index (κ3) is 5.05. The van der Waals surface area contributed by atoms with Crippen LogP contribution in [0.15, 0.2) is 30.8 Å². The van der Waals surface area contributed by atoms with Gasteiger partial charge in [0.25, 0.3) is 5.91 Å². The Kier molecular flexibility index (Phi) is 7.21. The number of hydrogen-bond donors (Lipinski definition) is 3. The van der Waals surface area contributed by atoms with E-state index in [-0.39, 0.29) is 22.6 Å². The number of phenolic OH excluding ortho intramolecular Hbond substituents is 2. The number of benzene rings is 2. The van der Waals surface area contributed by atoms with Crippen molar-refractivity contribution in [1.82, 2.24) is 5.32 Å². The zero-order valence-corrected chi connectivity index (χ0v) is 17.6. The van der Waals surface area contributed by atoms with Crippen molar-refractivity contribution in [3.8, 4) is 22.6 Å². The Bertz CT molecular complexity index is 960. The lowest BCUT2D eigenvalue weighted by molar-refractivity contribution is -0.118. The van der Waals surface area contributed by atoms with Gasteiger partial charge in [-0.1, -0.05) is 55.7 Å². The maximum atomic E-state index is 12.7. The van der Waals surface area contributed by atoms with Crippen molar-refractivity contribution >= 4 is 17.4 Å². The number of unbranched alkanes of at least 4 members (excludes halogenated alkanes) is 2. The van der Waals surface area contributed by atoms with Crippen LogP contribution in [0, 0.1) is 6.92 Å². The summed E-state index contributed by atoms with van der Waals surface area (Å²) in [5.41, 5.74) is 3.76. The van der Waals surface area contributed by atoms with Gasteiger partial charge in [-0.15, -0.1) is 0 Å². The molecule has 0 aliphatic carbocycles. The number of carbonyl (C=O) groups is 2. The van der Waals surface area contributed by atoms with Gasteiger partial charge in [-0.3, -0.25) is 14.9 Å². The van der Waals surface area contributed by atoms with Crippen LogP contribution in [0.25, 0.3) is 16.7 Å². The molecule has 0 heterocycles. The minimum atomic E-state index is -0.674. The Labute approximate surface area is 172 Å². The maximum Gasteiger partial charge on any atom is 0.261 e. The molecule has 0 radical (unpaired) electrons. The van der Waals surface area contributed by atoms with Crippen LogP contribution in [-0.4, -0.2) is 22.0 Å². The molecule has 0 unspecified atom stereocenters. The second-order valence-corrected chi connectivity index (χ2v) is 7.45. The molecule has 0 saturated carbocycles. The van der Waals surface area contributed by atoms with Crippen molar-refractivity contribution in [3.05, 3.63) is 53.1 Å². The zero-order valence-electron chi connectivity index (χ0n) is 17.6. The van der Waals surface area contributed by atoms with E-state index in [1.807, 2.05) is 32.0 Å². The number of rotatable bonds is 7. The molecule has 5 heteroatoms. The van der Waals surface area contributed by atoms with E-state index in [1.54, 1.807) is 0 Å². The van der Waals surface area contributed by atoms with Gasteiger partial charge in [0.05, 0.1) is 11.1 Å². The van der Waals surface area contributed by atoms with Crippen molar-refractivity contribution in [2.45, 2.75) is 53.4 Å². The third-order valence-electron chi connectivity index (χ3n) is 4.83. The largest absolute Gasteiger partial charge is 0.507 e. The number of aryl methyl sites for hydroxylation is 2. The molecule has 0 saturated heterocycles. The molecule has 154 valence electrons. The molecule has 0 aromatic heterocycles. The second-order valence-electron chi connectivity index (χ2n) is 7.45. The molecule has 0 atom stereocenters. The molecule has 2 amide bonds. The fourth-order valence-electron chi connectivity index (χ4n) is 3.45. The van der Waals surface area contributed by atoms with Gasteiger partial charge in [-0.2, -0.15) is 0 Å². The average molecular weight is 395 g/mol. The molecule has 2 aromatic rings. The Morgan fingerprint density at radius 1 is 1.10 bits per heavy atom. The topological polar surface area (TPSA) is 86.6 Å². The van der Waals surface area contributed by atoms with E-state index in [4.69, 9.17) is 0 Å². The highest BCUT2D eigenvalue weighted by molar-refractivity contribution is 6.08. The van der Waals surface area contributed by atoms with Crippen LogP contribution in [0.2, 0.25) is 0 Å². The lowest BCUT2D eigenvalue weighted by Crippen LogP contribution is -2.29. The van der Waals surface area contributed by atoms with E-state index in [2.05, 4.69) is 18.8 Å². The molecule has 5 nitrogen and oxygen atoms in total. The van der Waals surface area contributed by atoms with E-state index in [1.165, 1.54) is 13.0 Å². The highest BCUT2D eigenvalue weighted by Gasteiger charge is 2.25. The van der Waals surface area contributed by atoms with E-state index in [9.17, 15) is 19.8 Å². The summed E-state index contributed by atoms with van der Waals surface area (Å²) in [5.74, 6) is -1.63. The molecule has 29 heavy (non-hydrogen) atoms. The quantitative estimate of drug-likeness (QED) is 0.568. The lowest BCUT2D eigenvalue weighted by Gasteiger charge is -2.19. The maximum absolute atomic E-state index is 12.7. The van der Waals surface area contributed by atoms with Crippen molar-refractivity contribution < 1.29 is 19.8 Å². The number of amides is 2. The van der Waals surface area contributed by atoms with Gasteiger partial charge in [-0.05, 0) is 49.4 Å². The number of nitrogens with one attached hydrogen (secondary N) is 1. The molecule has 0 aliphatic rings. The van der Waals surface area contributed by atoms with Crippen LogP contribution in [0.1, 0.15) is 67.1 Å². The third-order valence-corrected chi connectivity index (χ3v) is 4.83. The predicted molar refractivity (Wildman–Crippen MR) is 116 cm³/mol. The number of carbonyl (C=O) groups excluding carboxylic acids is 2. The Morgan fingerprint density at radius 3 is 2.38 bits per heavy atom. The molecule has 0 aliphatic heterocycles. The summed E-state index contributed by atoms with van der Waals surface area (Å²) in [5, 5.41) is 24.1. The van der Waals surface area contributed by atoms with Gasteiger partial charge in [0, 0.05) is 6.92 Å². The van der Waals surface area contributed by atoms with Gasteiger partial charge >= 0.3 is 0 Å². The van der Waals surface area contributed by atoms with Crippen molar-refractivity contribution in [2.24, 2.45) is 0 Å². The predicted octanol–water partition coefficient (Wildman–Crippen LogP) is 5.12. The van der Waals surface area contributed by atoms with Crippen LogP contribution < -0.4 is 5.32 Å². The summed E-state index contributed by atoms with van der Waals surface area (Å²) in [6.45, 7) is 11.0. The van der Waals surface area contributed by atoms with Crippen LogP contribution in [0.4, 0.5) is 0 Å². The minimum absolute atomic E-state index is 0.0262. The van der Waals surface area contributed by atoms with E-state index in [0.717, 1.165) is 36.0 Å². The lowest BCUT2D eigenvalue weighted by atomic mass is 9.89. The van der Waals surface area contributed by atoms with E-state index in [0.29, 0.717) is 17.5 Å². The summed E-state index contributed by atoms with van der Waals surface area (Å²) in [7, 11) is 0. The first kappa shape index (κ1) is 22.2. The van der Waals surface area contributed by atoms with Gasteiger partial charge in [0.15, 0.2) is 0 Å². The molecule has 3 N–H and O–H groups in total. The van der Waals surface area contributed by atoms with Gasteiger partial charge in [-0.25, -0.2) is 0 Å². The molecule has 2 rings (SSSR count). The summed E-state index contributed by atoms with van der Waals surface area (Å²) in [4.78, 5) is 24.2. The number of phenols is 2. The fraction of sp³-hybridized carbons (Fsp3) is 0.333. The van der Waals surface area contributed by atoms with Crippen LogP contribution >= 0.6 is 0 Å². The summed E-state index contributed by atoms with van der Waals surface area (Å²) in [6.07, 6.45) is 3.26.